The molecule has 1 heterocycles. The Morgan fingerprint density at radius 1 is 1.14 bits per heavy atom. The van der Waals surface area contributed by atoms with Crippen molar-refractivity contribution >= 4 is 5.91 Å². The van der Waals surface area contributed by atoms with Crippen molar-refractivity contribution in [2.75, 3.05) is 6.61 Å². The molecule has 1 N–H and O–H groups in total. The number of nitrogens with zero attached hydrogens (tertiary/aromatic N) is 1. The molecule has 1 amide bonds. The molecule has 152 valence electrons. The van der Waals surface area contributed by atoms with Crippen molar-refractivity contribution in [2.45, 2.75) is 25.3 Å². The molecule has 2 rings (SSSR count). The molecule has 1 aromatic heterocycles. The largest absolute Gasteiger partial charge is 0.483 e. The fourth-order valence-electron chi connectivity index (χ4n) is 2.14. The van der Waals surface area contributed by atoms with Crippen LogP contribution in [0.2, 0.25) is 0 Å². The standard InChI is InChI=1S/C17H13F7N2O2/c1-9(14-5-3-11(7-25-14)28-8-16(19,20)21)26-15(27)10-2-4-12(13(18)6-10)17(22,23)24/h2-7,9H,8H2,1H3,(H,26,27)/t9-/m1/s1. The Balaban J connectivity index is 2.03. The number of carbonyl (C=O) groups is 1. The number of nitrogens with one attached hydrogen (secondary N) is 1. The van der Waals surface area contributed by atoms with Gasteiger partial charge in [0.25, 0.3) is 5.91 Å². The van der Waals surface area contributed by atoms with Gasteiger partial charge < -0.3 is 10.1 Å². The van der Waals surface area contributed by atoms with Gasteiger partial charge in [0.1, 0.15) is 11.6 Å². The van der Waals surface area contributed by atoms with Crippen molar-refractivity contribution < 1.29 is 40.3 Å². The second-order valence-electron chi connectivity index (χ2n) is 5.71. The van der Waals surface area contributed by atoms with E-state index < -0.39 is 42.3 Å². The predicted molar refractivity (Wildman–Crippen MR) is 83.1 cm³/mol. The quantitative estimate of drug-likeness (QED) is 0.729. The van der Waals surface area contributed by atoms with E-state index in [9.17, 15) is 35.5 Å². The van der Waals surface area contributed by atoms with Crippen molar-refractivity contribution in [1.82, 2.24) is 10.3 Å². The lowest BCUT2D eigenvalue weighted by molar-refractivity contribution is -0.153. The van der Waals surface area contributed by atoms with Gasteiger partial charge in [-0.3, -0.25) is 9.78 Å². The number of amides is 1. The molecule has 0 spiro atoms. The van der Waals surface area contributed by atoms with Crippen LogP contribution in [0.1, 0.15) is 34.6 Å². The van der Waals surface area contributed by atoms with E-state index in [4.69, 9.17) is 0 Å². The Hall–Kier alpha value is -2.85. The normalized spacial score (nSPS) is 13.1. The molecule has 28 heavy (non-hydrogen) atoms. The Bertz CT molecular complexity index is 833. The lowest BCUT2D eigenvalue weighted by Gasteiger charge is -2.15. The Morgan fingerprint density at radius 2 is 1.82 bits per heavy atom. The minimum atomic E-state index is -4.88. The molecule has 0 saturated heterocycles. The molecule has 4 nitrogen and oxygen atoms in total. The molecule has 0 aliphatic heterocycles. The van der Waals surface area contributed by atoms with Crippen LogP contribution in [-0.4, -0.2) is 23.7 Å². The van der Waals surface area contributed by atoms with Crippen LogP contribution >= 0.6 is 0 Å². The molecule has 0 unspecified atom stereocenters. The molecule has 1 aromatic carbocycles. The number of halogens is 7. The van der Waals surface area contributed by atoms with E-state index in [0.29, 0.717) is 12.1 Å². The molecule has 0 saturated carbocycles. The number of hydrogen-bond donors (Lipinski definition) is 1. The van der Waals surface area contributed by atoms with Crippen LogP contribution in [0.25, 0.3) is 0 Å². The SMILES string of the molecule is C[C@@H](NC(=O)c1ccc(C(F)(F)F)c(F)c1)c1ccc(OCC(F)(F)F)cn1. The van der Waals surface area contributed by atoms with E-state index in [1.807, 2.05) is 0 Å². The summed E-state index contributed by atoms with van der Waals surface area (Å²) in [6, 6.07) is 3.52. The summed E-state index contributed by atoms with van der Waals surface area (Å²) in [5, 5.41) is 2.40. The zero-order chi connectivity index (χ0) is 21.1. The maximum absolute atomic E-state index is 13.6. The van der Waals surface area contributed by atoms with Gasteiger partial charge in [0, 0.05) is 5.56 Å². The van der Waals surface area contributed by atoms with Crippen molar-refractivity contribution in [3.63, 3.8) is 0 Å². The summed E-state index contributed by atoms with van der Waals surface area (Å²) in [5.41, 5.74) is -1.57. The number of ether oxygens (including phenoxy) is 1. The molecule has 1 atom stereocenters. The van der Waals surface area contributed by atoms with E-state index >= 15 is 0 Å². The van der Waals surface area contributed by atoms with Crippen LogP contribution in [0.15, 0.2) is 36.5 Å². The fourth-order valence-corrected chi connectivity index (χ4v) is 2.14. The molecule has 2 aromatic rings. The number of benzene rings is 1. The Kier molecular flexibility index (Phi) is 6.15. The molecular weight excluding hydrogens is 397 g/mol. The van der Waals surface area contributed by atoms with Gasteiger partial charge >= 0.3 is 12.4 Å². The molecule has 0 fully saturated rings. The smallest absolute Gasteiger partial charge is 0.422 e. The summed E-state index contributed by atoms with van der Waals surface area (Å²) in [6.07, 6.45) is -8.36. The summed E-state index contributed by atoms with van der Waals surface area (Å²) in [5.74, 6) is -2.57. The van der Waals surface area contributed by atoms with Crippen LogP contribution in [0.5, 0.6) is 5.75 Å². The third kappa shape index (κ3) is 5.83. The minimum absolute atomic E-state index is 0.135. The monoisotopic (exact) mass is 410 g/mol. The average Bonchev–Trinajstić information content (AvgIpc) is 2.58. The maximum atomic E-state index is 13.6. The van der Waals surface area contributed by atoms with Crippen LogP contribution in [-0.2, 0) is 6.18 Å². The summed E-state index contributed by atoms with van der Waals surface area (Å²) in [4.78, 5) is 15.9. The molecule has 0 aliphatic rings. The maximum Gasteiger partial charge on any atom is 0.422 e. The zero-order valence-electron chi connectivity index (χ0n) is 14.2. The van der Waals surface area contributed by atoms with Crippen molar-refractivity contribution in [1.29, 1.82) is 0 Å². The van der Waals surface area contributed by atoms with Crippen LogP contribution in [0, 0.1) is 5.82 Å². The van der Waals surface area contributed by atoms with E-state index in [2.05, 4.69) is 15.0 Å². The van der Waals surface area contributed by atoms with Gasteiger partial charge in [0.05, 0.1) is 23.5 Å². The van der Waals surface area contributed by atoms with Crippen LogP contribution in [0.3, 0.4) is 0 Å². The fraction of sp³-hybridized carbons (Fsp3) is 0.294. The highest BCUT2D eigenvalue weighted by atomic mass is 19.4. The Morgan fingerprint density at radius 3 is 2.32 bits per heavy atom. The van der Waals surface area contributed by atoms with E-state index in [-0.39, 0.29) is 17.0 Å². The van der Waals surface area contributed by atoms with Crippen molar-refractivity contribution in [3.05, 3.63) is 59.2 Å². The summed E-state index contributed by atoms with van der Waals surface area (Å²) in [7, 11) is 0. The second-order valence-corrected chi connectivity index (χ2v) is 5.71. The highest BCUT2D eigenvalue weighted by Gasteiger charge is 2.34. The molecule has 0 bridgehead atoms. The topological polar surface area (TPSA) is 51.2 Å². The lowest BCUT2D eigenvalue weighted by Crippen LogP contribution is -2.27. The molecule has 0 aliphatic carbocycles. The van der Waals surface area contributed by atoms with Gasteiger partial charge in [-0.2, -0.15) is 26.3 Å². The molecular formula is C17H13F7N2O2. The predicted octanol–water partition coefficient (Wildman–Crippen LogP) is 4.67. The van der Waals surface area contributed by atoms with Gasteiger partial charge in [-0.15, -0.1) is 0 Å². The number of alkyl halides is 6. The summed E-state index contributed by atoms with van der Waals surface area (Å²) >= 11 is 0. The van der Waals surface area contributed by atoms with Crippen molar-refractivity contribution in [2.24, 2.45) is 0 Å². The summed E-state index contributed by atoms with van der Waals surface area (Å²) < 4.78 is 92.0. The number of aromatic nitrogens is 1. The second kappa shape index (κ2) is 8.03. The number of carbonyl (C=O) groups excluding carboxylic acids is 1. The highest BCUT2D eigenvalue weighted by Crippen LogP contribution is 2.31. The van der Waals surface area contributed by atoms with E-state index in [1.54, 1.807) is 0 Å². The van der Waals surface area contributed by atoms with Crippen LogP contribution < -0.4 is 10.1 Å². The van der Waals surface area contributed by atoms with E-state index in [1.165, 1.54) is 19.1 Å². The Labute approximate surface area is 154 Å². The number of hydrogen-bond acceptors (Lipinski definition) is 3. The first kappa shape index (κ1) is 21.5. The third-order valence-corrected chi connectivity index (χ3v) is 3.49. The molecule has 0 radical (unpaired) electrons. The highest BCUT2D eigenvalue weighted by molar-refractivity contribution is 5.94. The first-order valence-electron chi connectivity index (χ1n) is 7.70. The van der Waals surface area contributed by atoms with Crippen molar-refractivity contribution in [3.8, 4) is 5.75 Å². The first-order chi connectivity index (χ1) is 12.9. The minimum Gasteiger partial charge on any atom is -0.483 e. The third-order valence-electron chi connectivity index (χ3n) is 3.49. The van der Waals surface area contributed by atoms with Gasteiger partial charge in [-0.1, -0.05) is 0 Å². The molecule has 11 heteroatoms. The average molecular weight is 410 g/mol. The number of pyridine rings is 1. The zero-order valence-corrected chi connectivity index (χ0v) is 14.2. The van der Waals surface area contributed by atoms with E-state index in [0.717, 1.165) is 12.3 Å². The van der Waals surface area contributed by atoms with Gasteiger partial charge in [-0.25, -0.2) is 4.39 Å². The van der Waals surface area contributed by atoms with Gasteiger partial charge in [0.2, 0.25) is 0 Å². The van der Waals surface area contributed by atoms with Gasteiger partial charge in [0.15, 0.2) is 6.61 Å². The first-order valence-corrected chi connectivity index (χ1v) is 7.70. The number of rotatable bonds is 5. The summed E-state index contributed by atoms with van der Waals surface area (Å²) in [6.45, 7) is -0.00325. The lowest BCUT2D eigenvalue weighted by atomic mass is 10.1. The van der Waals surface area contributed by atoms with Crippen LogP contribution in [0.4, 0.5) is 30.7 Å². The van der Waals surface area contributed by atoms with Gasteiger partial charge in [-0.05, 0) is 37.3 Å².